The molecule has 0 saturated carbocycles. The molecule has 0 radical (unpaired) electrons. The van der Waals surface area contributed by atoms with Gasteiger partial charge in [0.15, 0.2) is 0 Å². The predicted octanol–water partition coefficient (Wildman–Crippen LogP) is 1.58. The highest BCUT2D eigenvalue weighted by atomic mass is 16.5. The largest absolute Gasteiger partial charge is 0.490 e. The molecule has 2 N–H and O–H groups in total. The average molecular weight is 262 g/mol. The Labute approximate surface area is 112 Å². The Bertz CT molecular complexity index is 456. The maximum Gasteiger partial charge on any atom is 0.229 e. The van der Waals surface area contributed by atoms with Gasteiger partial charge in [-0.15, -0.1) is 0 Å². The molecule has 1 saturated heterocycles. The molecule has 0 bridgehead atoms. The van der Waals surface area contributed by atoms with E-state index in [2.05, 4.69) is 0 Å². The van der Waals surface area contributed by atoms with Gasteiger partial charge in [-0.2, -0.15) is 0 Å². The van der Waals surface area contributed by atoms with Gasteiger partial charge in [0.2, 0.25) is 11.8 Å². The average Bonchev–Trinajstić information content (AvgIpc) is 2.55. The minimum atomic E-state index is -0.105. The van der Waals surface area contributed by atoms with E-state index in [1.54, 1.807) is 12.1 Å². The van der Waals surface area contributed by atoms with Crippen molar-refractivity contribution in [3.05, 3.63) is 24.3 Å². The van der Waals surface area contributed by atoms with Crippen molar-refractivity contribution in [1.29, 1.82) is 0 Å². The van der Waals surface area contributed by atoms with Crippen LogP contribution in [0.2, 0.25) is 0 Å². The van der Waals surface area contributed by atoms with Gasteiger partial charge in [0, 0.05) is 12.8 Å². The monoisotopic (exact) mass is 262 g/mol. The number of anilines is 1. The molecule has 0 unspecified atom stereocenters. The van der Waals surface area contributed by atoms with Crippen molar-refractivity contribution >= 4 is 17.5 Å². The Kier molecular flexibility index (Phi) is 4.39. The highest BCUT2D eigenvalue weighted by Crippen LogP contribution is 2.20. The molecule has 19 heavy (non-hydrogen) atoms. The SMILES string of the molecule is Nc1ccccc1OCCN1C(=O)CCCCC1=O. The van der Waals surface area contributed by atoms with Gasteiger partial charge in [-0.05, 0) is 25.0 Å². The molecule has 0 spiro atoms. The summed E-state index contributed by atoms with van der Waals surface area (Å²) in [5.41, 5.74) is 6.30. The van der Waals surface area contributed by atoms with Gasteiger partial charge in [-0.25, -0.2) is 0 Å². The summed E-state index contributed by atoms with van der Waals surface area (Å²) in [6, 6.07) is 7.16. The molecule has 0 aliphatic carbocycles. The van der Waals surface area contributed by atoms with E-state index in [9.17, 15) is 9.59 Å². The molecule has 1 aromatic carbocycles. The smallest absolute Gasteiger partial charge is 0.229 e. The number of carbonyl (C=O) groups is 2. The van der Waals surface area contributed by atoms with Crippen LogP contribution < -0.4 is 10.5 Å². The number of rotatable bonds is 4. The number of likely N-dealkylation sites (tertiary alicyclic amines) is 1. The first-order chi connectivity index (χ1) is 9.18. The van der Waals surface area contributed by atoms with Crippen molar-refractivity contribution in [3.63, 3.8) is 0 Å². The third kappa shape index (κ3) is 3.47. The molecule has 102 valence electrons. The van der Waals surface area contributed by atoms with Gasteiger partial charge < -0.3 is 10.5 Å². The van der Waals surface area contributed by atoms with E-state index in [0.29, 0.717) is 24.3 Å². The van der Waals surface area contributed by atoms with Gasteiger partial charge in [0.25, 0.3) is 0 Å². The Morgan fingerprint density at radius 2 is 1.74 bits per heavy atom. The molecule has 0 aromatic heterocycles. The van der Waals surface area contributed by atoms with E-state index >= 15 is 0 Å². The number of nitrogens with zero attached hydrogens (tertiary/aromatic N) is 1. The highest BCUT2D eigenvalue weighted by molar-refractivity contribution is 5.96. The summed E-state index contributed by atoms with van der Waals surface area (Å²) < 4.78 is 5.51. The number of amides is 2. The Morgan fingerprint density at radius 1 is 1.11 bits per heavy atom. The van der Waals surface area contributed by atoms with E-state index < -0.39 is 0 Å². The molecule has 1 aliphatic rings. The number of hydrogen-bond donors (Lipinski definition) is 1. The number of ether oxygens (including phenoxy) is 1. The first-order valence-electron chi connectivity index (χ1n) is 6.49. The molecule has 5 nitrogen and oxygen atoms in total. The third-order valence-corrected chi connectivity index (χ3v) is 3.12. The lowest BCUT2D eigenvalue weighted by atomic mass is 10.2. The van der Waals surface area contributed by atoms with Crippen molar-refractivity contribution in [1.82, 2.24) is 4.90 Å². The van der Waals surface area contributed by atoms with Crippen LogP contribution in [-0.4, -0.2) is 29.9 Å². The van der Waals surface area contributed by atoms with Crippen molar-refractivity contribution in [2.75, 3.05) is 18.9 Å². The second kappa shape index (κ2) is 6.22. The number of nitrogen functional groups attached to an aromatic ring is 1. The highest BCUT2D eigenvalue weighted by Gasteiger charge is 2.23. The second-order valence-corrected chi connectivity index (χ2v) is 4.53. The lowest BCUT2D eigenvalue weighted by Gasteiger charge is -2.19. The zero-order valence-electron chi connectivity index (χ0n) is 10.8. The number of carbonyl (C=O) groups excluding carboxylic acids is 2. The Balaban J connectivity index is 1.89. The third-order valence-electron chi connectivity index (χ3n) is 3.12. The maximum atomic E-state index is 11.8. The number of benzene rings is 1. The minimum absolute atomic E-state index is 0.105. The van der Waals surface area contributed by atoms with Gasteiger partial charge >= 0.3 is 0 Å². The fraction of sp³-hybridized carbons (Fsp3) is 0.429. The van der Waals surface area contributed by atoms with E-state index in [-0.39, 0.29) is 25.0 Å². The Hall–Kier alpha value is -2.04. The van der Waals surface area contributed by atoms with Gasteiger partial charge in [0.05, 0.1) is 12.2 Å². The zero-order chi connectivity index (χ0) is 13.7. The number of para-hydroxylation sites is 2. The van der Waals surface area contributed by atoms with Gasteiger partial charge in [-0.1, -0.05) is 12.1 Å². The predicted molar refractivity (Wildman–Crippen MR) is 71.5 cm³/mol. The standard InChI is InChI=1S/C14H18N2O3/c15-11-5-1-2-6-12(11)19-10-9-16-13(17)7-3-4-8-14(16)18/h1-2,5-6H,3-4,7-10,15H2. The van der Waals surface area contributed by atoms with E-state index in [1.807, 2.05) is 12.1 Å². The van der Waals surface area contributed by atoms with E-state index in [1.165, 1.54) is 4.90 Å². The molecule has 1 aromatic rings. The second-order valence-electron chi connectivity index (χ2n) is 4.53. The Morgan fingerprint density at radius 3 is 2.37 bits per heavy atom. The lowest BCUT2D eigenvalue weighted by molar-refractivity contribution is -0.144. The summed E-state index contributed by atoms with van der Waals surface area (Å²) in [5.74, 6) is 0.372. The fourth-order valence-electron chi connectivity index (χ4n) is 2.07. The van der Waals surface area contributed by atoms with Crippen molar-refractivity contribution in [2.45, 2.75) is 25.7 Å². The number of hydrogen-bond acceptors (Lipinski definition) is 4. The molecule has 1 heterocycles. The van der Waals surface area contributed by atoms with Crippen LogP contribution in [-0.2, 0) is 9.59 Å². The quantitative estimate of drug-likeness (QED) is 0.660. The molecule has 5 heteroatoms. The summed E-state index contributed by atoms with van der Waals surface area (Å²) in [7, 11) is 0. The zero-order valence-corrected chi connectivity index (χ0v) is 10.8. The maximum absolute atomic E-state index is 11.8. The first kappa shape index (κ1) is 13.4. The fourth-order valence-corrected chi connectivity index (χ4v) is 2.07. The summed E-state index contributed by atoms with van der Waals surface area (Å²) in [5, 5.41) is 0. The van der Waals surface area contributed by atoms with Crippen LogP contribution in [0.3, 0.4) is 0 Å². The van der Waals surface area contributed by atoms with Crippen LogP contribution in [0, 0.1) is 0 Å². The summed E-state index contributed by atoms with van der Waals surface area (Å²) >= 11 is 0. The topological polar surface area (TPSA) is 72.6 Å². The van der Waals surface area contributed by atoms with Crippen molar-refractivity contribution in [2.24, 2.45) is 0 Å². The molecule has 1 fully saturated rings. The molecular weight excluding hydrogens is 244 g/mol. The van der Waals surface area contributed by atoms with Crippen LogP contribution in [0.15, 0.2) is 24.3 Å². The molecule has 2 rings (SSSR count). The van der Waals surface area contributed by atoms with Crippen LogP contribution in [0.25, 0.3) is 0 Å². The van der Waals surface area contributed by atoms with E-state index in [4.69, 9.17) is 10.5 Å². The molecule has 1 aliphatic heterocycles. The minimum Gasteiger partial charge on any atom is -0.490 e. The van der Waals surface area contributed by atoms with Crippen LogP contribution in [0.5, 0.6) is 5.75 Å². The number of nitrogens with two attached hydrogens (primary N) is 1. The normalized spacial score (nSPS) is 16.3. The van der Waals surface area contributed by atoms with Crippen molar-refractivity contribution in [3.8, 4) is 5.75 Å². The summed E-state index contributed by atoms with van der Waals surface area (Å²) in [6.07, 6.45) is 2.46. The van der Waals surface area contributed by atoms with Crippen LogP contribution in [0.4, 0.5) is 5.69 Å². The molecule has 0 atom stereocenters. The number of imide groups is 1. The van der Waals surface area contributed by atoms with Crippen LogP contribution >= 0.6 is 0 Å². The van der Waals surface area contributed by atoms with E-state index in [0.717, 1.165) is 12.8 Å². The lowest BCUT2D eigenvalue weighted by Crippen LogP contribution is -2.38. The summed E-state index contributed by atoms with van der Waals surface area (Å²) in [4.78, 5) is 24.8. The summed E-state index contributed by atoms with van der Waals surface area (Å²) in [6.45, 7) is 0.553. The first-order valence-corrected chi connectivity index (χ1v) is 6.49. The molecular formula is C14H18N2O3. The molecule has 2 amide bonds. The van der Waals surface area contributed by atoms with Gasteiger partial charge in [-0.3, -0.25) is 14.5 Å². The van der Waals surface area contributed by atoms with Gasteiger partial charge in [0.1, 0.15) is 12.4 Å². The van der Waals surface area contributed by atoms with Crippen molar-refractivity contribution < 1.29 is 14.3 Å². The van der Waals surface area contributed by atoms with Crippen LogP contribution in [0.1, 0.15) is 25.7 Å².